The molecule has 1 saturated carbocycles. The maximum Gasteiger partial charge on any atom is 0.269 e. The van der Waals surface area contributed by atoms with Crippen LogP contribution in [0.1, 0.15) is 46.6 Å². The quantitative estimate of drug-likeness (QED) is 0.646. The molecule has 0 radical (unpaired) electrons. The summed E-state index contributed by atoms with van der Waals surface area (Å²) in [5, 5.41) is 0. The number of nitrogens with zero attached hydrogens (tertiary/aromatic N) is 3. The van der Waals surface area contributed by atoms with Gasteiger partial charge in [-0.3, -0.25) is 9.59 Å². The molecule has 10 heteroatoms. The molecule has 32 heavy (non-hydrogen) atoms. The summed E-state index contributed by atoms with van der Waals surface area (Å²) < 4.78 is 32.9. The van der Waals surface area contributed by atoms with Crippen LogP contribution in [0.5, 0.6) is 5.75 Å². The Morgan fingerprint density at radius 1 is 1.28 bits per heavy atom. The number of primary amides is 1. The number of H-pyrrole nitrogens is 1. The van der Waals surface area contributed by atoms with Crippen molar-refractivity contribution in [2.45, 2.75) is 19.9 Å². The molecule has 0 bridgehead atoms. The molecule has 3 heterocycles. The SMILES string of the molecule is COc1c(C(=O)N2C[C@@H]3[C@H]([C@@H]2c2nc4c(C(N)=O)nccc4[nH]2)C3(C)C)ccc(F)c1F. The van der Waals surface area contributed by atoms with E-state index in [-0.39, 0.29) is 28.5 Å². The summed E-state index contributed by atoms with van der Waals surface area (Å²) in [6, 6.07) is 3.35. The molecule has 2 aliphatic rings. The highest BCUT2D eigenvalue weighted by Crippen LogP contribution is 2.69. The predicted molar refractivity (Wildman–Crippen MR) is 110 cm³/mol. The second kappa shape index (κ2) is 6.72. The van der Waals surface area contributed by atoms with Gasteiger partial charge in [0.05, 0.1) is 24.2 Å². The zero-order valence-corrected chi connectivity index (χ0v) is 17.6. The van der Waals surface area contributed by atoms with Gasteiger partial charge >= 0.3 is 0 Å². The van der Waals surface area contributed by atoms with Gasteiger partial charge in [0.25, 0.3) is 11.8 Å². The van der Waals surface area contributed by atoms with Gasteiger partial charge in [-0.25, -0.2) is 14.4 Å². The number of methoxy groups -OCH3 is 1. The summed E-state index contributed by atoms with van der Waals surface area (Å²) in [7, 11) is 1.19. The number of nitrogens with two attached hydrogens (primary N) is 1. The van der Waals surface area contributed by atoms with Gasteiger partial charge in [-0.2, -0.15) is 4.39 Å². The number of likely N-dealkylation sites (tertiary alicyclic amines) is 1. The monoisotopic (exact) mass is 441 g/mol. The number of benzene rings is 1. The molecular formula is C22H21F2N5O3. The first-order valence-corrected chi connectivity index (χ1v) is 10.1. The Hall–Kier alpha value is -3.56. The van der Waals surface area contributed by atoms with E-state index in [1.54, 1.807) is 11.0 Å². The third-order valence-electron chi connectivity index (χ3n) is 6.89. The minimum atomic E-state index is -1.21. The number of imidazole rings is 1. The van der Waals surface area contributed by atoms with E-state index in [1.807, 2.05) is 0 Å². The number of fused-ring (bicyclic) bond motifs is 2. The third kappa shape index (κ3) is 2.71. The highest BCUT2D eigenvalue weighted by molar-refractivity contribution is 6.02. The molecule has 3 atom stereocenters. The summed E-state index contributed by atoms with van der Waals surface area (Å²) in [5.74, 6) is -3.11. The summed E-state index contributed by atoms with van der Waals surface area (Å²) in [6.45, 7) is 4.67. The lowest BCUT2D eigenvalue weighted by atomic mass is 9.99. The number of piperidine rings is 1. The van der Waals surface area contributed by atoms with Gasteiger partial charge in [0.2, 0.25) is 5.82 Å². The van der Waals surface area contributed by atoms with E-state index in [4.69, 9.17) is 10.5 Å². The molecule has 1 aromatic carbocycles. The highest BCUT2D eigenvalue weighted by Gasteiger charge is 2.68. The van der Waals surface area contributed by atoms with E-state index < -0.39 is 35.2 Å². The maximum atomic E-state index is 14.3. The Morgan fingerprint density at radius 2 is 2.03 bits per heavy atom. The Labute approximate surface area is 181 Å². The number of pyridine rings is 1. The Balaban J connectivity index is 1.60. The zero-order chi connectivity index (χ0) is 22.9. The van der Waals surface area contributed by atoms with Gasteiger partial charge in [-0.1, -0.05) is 13.8 Å². The van der Waals surface area contributed by atoms with E-state index in [2.05, 4.69) is 28.8 Å². The minimum Gasteiger partial charge on any atom is -0.493 e. The van der Waals surface area contributed by atoms with Crippen LogP contribution < -0.4 is 10.5 Å². The van der Waals surface area contributed by atoms with Crippen molar-refractivity contribution in [3.8, 4) is 5.75 Å². The van der Waals surface area contributed by atoms with Crippen molar-refractivity contribution in [3.05, 3.63) is 53.1 Å². The van der Waals surface area contributed by atoms with Crippen molar-refractivity contribution in [2.75, 3.05) is 13.7 Å². The van der Waals surface area contributed by atoms with Crippen LogP contribution in [0.25, 0.3) is 11.0 Å². The van der Waals surface area contributed by atoms with Crippen molar-refractivity contribution in [1.29, 1.82) is 0 Å². The van der Waals surface area contributed by atoms with Crippen LogP contribution in [0.15, 0.2) is 24.4 Å². The smallest absolute Gasteiger partial charge is 0.269 e. The van der Waals surface area contributed by atoms with Gasteiger partial charge in [0.1, 0.15) is 11.3 Å². The van der Waals surface area contributed by atoms with E-state index in [1.165, 1.54) is 19.4 Å². The van der Waals surface area contributed by atoms with Crippen LogP contribution in [0.3, 0.4) is 0 Å². The molecule has 5 rings (SSSR count). The lowest BCUT2D eigenvalue weighted by Crippen LogP contribution is -2.36. The number of amides is 2. The Kier molecular flexibility index (Phi) is 4.27. The molecule has 3 N–H and O–H groups in total. The number of halogens is 2. The molecule has 8 nitrogen and oxygen atoms in total. The molecule has 0 spiro atoms. The molecule has 2 fully saturated rings. The Bertz CT molecular complexity index is 1290. The number of aromatic nitrogens is 3. The molecule has 166 valence electrons. The van der Waals surface area contributed by atoms with Crippen LogP contribution in [0.2, 0.25) is 0 Å². The molecule has 0 unspecified atom stereocenters. The van der Waals surface area contributed by atoms with Gasteiger partial charge in [0.15, 0.2) is 17.3 Å². The average Bonchev–Trinajstić information content (AvgIpc) is 3.14. The number of nitrogens with one attached hydrogen (secondary N) is 1. The van der Waals surface area contributed by atoms with Crippen LogP contribution in [0.4, 0.5) is 8.78 Å². The largest absolute Gasteiger partial charge is 0.493 e. The van der Waals surface area contributed by atoms with Gasteiger partial charge in [0, 0.05) is 12.7 Å². The highest BCUT2D eigenvalue weighted by atomic mass is 19.2. The van der Waals surface area contributed by atoms with E-state index in [9.17, 15) is 18.4 Å². The lowest BCUT2D eigenvalue weighted by Gasteiger charge is -2.30. The average molecular weight is 441 g/mol. The fourth-order valence-electron chi connectivity index (χ4n) is 5.14. The van der Waals surface area contributed by atoms with Gasteiger partial charge in [-0.05, 0) is 35.4 Å². The van der Waals surface area contributed by atoms with Crippen LogP contribution in [-0.2, 0) is 0 Å². The second-order valence-electron chi connectivity index (χ2n) is 8.84. The summed E-state index contributed by atoms with van der Waals surface area (Å²) in [5.41, 5.74) is 6.28. The van der Waals surface area contributed by atoms with Crippen molar-refractivity contribution in [1.82, 2.24) is 19.9 Å². The van der Waals surface area contributed by atoms with Crippen molar-refractivity contribution in [2.24, 2.45) is 23.0 Å². The number of aromatic amines is 1. The van der Waals surface area contributed by atoms with Gasteiger partial charge in [-0.15, -0.1) is 0 Å². The van der Waals surface area contributed by atoms with E-state index >= 15 is 0 Å². The zero-order valence-electron chi connectivity index (χ0n) is 17.6. The normalized spacial score (nSPS) is 23.3. The fraction of sp³-hybridized carbons (Fsp3) is 0.364. The van der Waals surface area contributed by atoms with Gasteiger partial charge < -0.3 is 20.4 Å². The molecular weight excluding hydrogens is 420 g/mol. The third-order valence-corrected chi connectivity index (χ3v) is 6.89. The first kappa shape index (κ1) is 20.3. The van der Waals surface area contributed by atoms with Crippen molar-refractivity contribution < 1.29 is 23.1 Å². The van der Waals surface area contributed by atoms with Crippen molar-refractivity contribution >= 4 is 22.8 Å². The lowest BCUT2D eigenvalue weighted by molar-refractivity contribution is 0.0661. The van der Waals surface area contributed by atoms with Crippen LogP contribution >= 0.6 is 0 Å². The Morgan fingerprint density at radius 3 is 2.72 bits per heavy atom. The van der Waals surface area contributed by atoms with Crippen LogP contribution in [0, 0.1) is 28.9 Å². The second-order valence-corrected chi connectivity index (χ2v) is 8.84. The first-order chi connectivity index (χ1) is 15.2. The number of rotatable bonds is 4. The first-order valence-electron chi connectivity index (χ1n) is 10.1. The maximum absolute atomic E-state index is 14.3. The minimum absolute atomic E-state index is 0.0245. The number of carbonyl (C=O) groups is 2. The van der Waals surface area contributed by atoms with E-state index in [0.29, 0.717) is 23.4 Å². The molecule has 1 aliphatic heterocycles. The molecule has 2 aromatic heterocycles. The summed E-state index contributed by atoms with van der Waals surface area (Å²) in [6.07, 6.45) is 1.46. The van der Waals surface area contributed by atoms with Crippen molar-refractivity contribution in [3.63, 3.8) is 0 Å². The standard InChI is InChI=1S/C22H21F2N5O3/c1-22(2)10-8-29(21(31)9-4-5-11(23)14(24)18(9)32-3)17(13(10)22)20-27-12-6-7-26-16(19(25)30)15(12)28-20/h4-7,10,13,17H,8H2,1-3H3,(H2,25,30)(H,27,28)/t10-,13-,17-/m1/s1. The molecule has 3 aromatic rings. The summed E-state index contributed by atoms with van der Waals surface area (Å²) in [4.78, 5) is 38.6. The fourth-order valence-corrected chi connectivity index (χ4v) is 5.14. The molecule has 2 amide bonds. The van der Waals surface area contributed by atoms with E-state index in [0.717, 1.165) is 6.07 Å². The topological polar surface area (TPSA) is 114 Å². The summed E-state index contributed by atoms with van der Waals surface area (Å²) >= 11 is 0. The molecule has 1 saturated heterocycles. The number of carbonyl (C=O) groups excluding carboxylic acids is 2. The number of hydrogen-bond donors (Lipinski definition) is 2. The predicted octanol–water partition coefficient (Wildman–Crippen LogP) is 2.81. The number of hydrogen-bond acceptors (Lipinski definition) is 5. The van der Waals surface area contributed by atoms with Crippen LogP contribution in [-0.4, -0.2) is 45.3 Å². The molecule has 1 aliphatic carbocycles. The number of ether oxygens (including phenoxy) is 1.